The maximum Gasteiger partial charge on any atom is 0.220 e. The Morgan fingerprint density at radius 3 is 2.80 bits per heavy atom. The van der Waals surface area contributed by atoms with Gasteiger partial charge in [0.25, 0.3) is 0 Å². The van der Waals surface area contributed by atoms with Crippen LogP contribution in [0.15, 0.2) is 59.3 Å². The SMILES string of the molecule is Cc1cccc(-c2nocc2CCC(=O)NCc2ccccc2F)c1. The van der Waals surface area contributed by atoms with Gasteiger partial charge in [0, 0.05) is 29.7 Å². The molecule has 3 rings (SSSR count). The third kappa shape index (κ3) is 4.32. The number of nitrogens with zero attached hydrogens (tertiary/aromatic N) is 1. The molecular weight excluding hydrogens is 319 g/mol. The topological polar surface area (TPSA) is 55.1 Å². The lowest BCUT2D eigenvalue weighted by molar-refractivity contribution is -0.121. The first-order valence-corrected chi connectivity index (χ1v) is 8.14. The first-order valence-electron chi connectivity index (χ1n) is 8.14. The van der Waals surface area contributed by atoms with E-state index in [-0.39, 0.29) is 24.7 Å². The minimum atomic E-state index is -0.316. The molecule has 0 spiro atoms. The molecular formula is C20H19FN2O2. The fourth-order valence-electron chi connectivity index (χ4n) is 2.64. The van der Waals surface area contributed by atoms with Crippen LogP contribution in [-0.4, -0.2) is 11.1 Å². The predicted molar refractivity (Wildman–Crippen MR) is 93.2 cm³/mol. The highest BCUT2D eigenvalue weighted by Gasteiger charge is 2.12. The number of benzene rings is 2. The van der Waals surface area contributed by atoms with Gasteiger partial charge in [-0.1, -0.05) is 47.1 Å². The third-order valence-electron chi connectivity index (χ3n) is 3.99. The van der Waals surface area contributed by atoms with Crippen molar-refractivity contribution in [2.75, 3.05) is 0 Å². The number of carbonyl (C=O) groups is 1. The molecule has 0 aliphatic carbocycles. The molecule has 25 heavy (non-hydrogen) atoms. The summed E-state index contributed by atoms with van der Waals surface area (Å²) in [7, 11) is 0. The van der Waals surface area contributed by atoms with Crippen molar-refractivity contribution in [3.8, 4) is 11.3 Å². The highest BCUT2D eigenvalue weighted by Crippen LogP contribution is 2.24. The van der Waals surface area contributed by atoms with E-state index >= 15 is 0 Å². The Morgan fingerprint density at radius 2 is 2.00 bits per heavy atom. The minimum absolute atomic E-state index is 0.139. The molecule has 128 valence electrons. The zero-order valence-electron chi connectivity index (χ0n) is 14.0. The van der Waals surface area contributed by atoms with Gasteiger partial charge < -0.3 is 9.84 Å². The number of halogens is 1. The fourth-order valence-corrected chi connectivity index (χ4v) is 2.64. The molecule has 1 amide bonds. The minimum Gasteiger partial charge on any atom is -0.364 e. The Kier molecular flexibility index (Phi) is 5.23. The van der Waals surface area contributed by atoms with Gasteiger partial charge >= 0.3 is 0 Å². The molecule has 0 saturated carbocycles. The maximum atomic E-state index is 13.6. The summed E-state index contributed by atoms with van der Waals surface area (Å²) >= 11 is 0. The Bertz CT molecular complexity index is 873. The zero-order valence-corrected chi connectivity index (χ0v) is 14.0. The van der Waals surface area contributed by atoms with Gasteiger partial charge in [-0.05, 0) is 25.5 Å². The summed E-state index contributed by atoms with van der Waals surface area (Å²) in [5.41, 5.74) is 4.21. The number of hydrogen-bond donors (Lipinski definition) is 1. The van der Waals surface area contributed by atoms with Crippen LogP contribution < -0.4 is 5.32 Å². The number of aromatic nitrogens is 1. The van der Waals surface area contributed by atoms with E-state index in [9.17, 15) is 9.18 Å². The second-order valence-electron chi connectivity index (χ2n) is 5.93. The summed E-state index contributed by atoms with van der Waals surface area (Å²) in [4.78, 5) is 12.0. The second kappa shape index (κ2) is 7.75. The Labute approximate surface area is 145 Å². The molecule has 4 nitrogen and oxygen atoms in total. The normalized spacial score (nSPS) is 10.6. The zero-order chi connectivity index (χ0) is 17.6. The van der Waals surface area contributed by atoms with Crippen LogP contribution in [0.2, 0.25) is 0 Å². The van der Waals surface area contributed by atoms with Crippen molar-refractivity contribution < 1.29 is 13.7 Å². The summed E-state index contributed by atoms with van der Waals surface area (Å²) in [6, 6.07) is 14.4. The molecule has 1 heterocycles. The van der Waals surface area contributed by atoms with Crippen molar-refractivity contribution in [3.05, 3.63) is 77.3 Å². The van der Waals surface area contributed by atoms with Crippen molar-refractivity contribution in [2.45, 2.75) is 26.3 Å². The van der Waals surface area contributed by atoms with Crippen LogP contribution in [0.3, 0.4) is 0 Å². The lowest BCUT2D eigenvalue weighted by Gasteiger charge is -2.06. The van der Waals surface area contributed by atoms with E-state index in [1.807, 2.05) is 31.2 Å². The highest BCUT2D eigenvalue weighted by atomic mass is 19.1. The number of nitrogens with one attached hydrogen (secondary N) is 1. The molecule has 1 N–H and O–H groups in total. The molecule has 0 radical (unpaired) electrons. The molecule has 0 aliphatic heterocycles. The van der Waals surface area contributed by atoms with E-state index in [2.05, 4.69) is 10.5 Å². The number of hydrogen-bond acceptors (Lipinski definition) is 3. The van der Waals surface area contributed by atoms with E-state index in [1.165, 1.54) is 6.07 Å². The van der Waals surface area contributed by atoms with Crippen LogP contribution in [0.1, 0.15) is 23.1 Å². The van der Waals surface area contributed by atoms with Gasteiger partial charge in [0.2, 0.25) is 5.91 Å². The summed E-state index contributed by atoms with van der Waals surface area (Å²) < 4.78 is 18.6. The second-order valence-corrected chi connectivity index (χ2v) is 5.93. The van der Waals surface area contributed by atoms with Gasteiger partial charge in [-0.3, -0.25) is 4.79 Å². The van der Waals surface area contributed by atoms with E-state index in [0.29, 0.717) is 12.0 Å². The third-order valence-corrected chi connectivity index (χ3v) is 3.99. The van der Waals surface area contributed by atoms with Crippen molar-refractivity contribution in [1.82, 2.24) is 10.5 Å². The molecule has 1 aromatic heterocycles. The van der Waals surface area contributed by atoms with Crippen molar-refractivity contribution in [2.24, 2.45) is 0 Å². The molecule has 5 heteroatoms. The number of rotatable bonds is 6. The first kappa shape index (κ1) is 16.9. The summed E-state index contributed by atoms with van der Waals surface area (Å²) in [5, 5.41) is 6.79. The molecule has 0 aliphatic rings. The van der Waals surface area contributed by atoms with Crippen LogP contribution in [-0.2, 0) is 17.8 Å². The van der Waals surface area contributed by atoms with Crippen LogP contribution in [0.5, 0.6) is 0 Å². The van der Waals surface area contributed by atoms with Crippen LogP contribution in [0.4, 0.5) is 4.39 Å². The molecule has 0 atom stereocenters. The first-order chi connectivity index (χ1) is 12.1. The predicted octanol–water partition coefficient (Wildman–Crippen LogP) is 4.04. The van der Waals surface area contributed by atoms with Gasteiger partial charge in [-0.2, -0.15) is 0 Å². The van der Waals surface area contributed by atoms with Gasteiger partial charge in [-0.25, -0.2) is 4.39 Å². The van der Waals surface area contributed by atoms with Gasteiger partial charge in [-0.15, -0.1) is 0 Å². The standard InChI is InChI=1S/C20H19FN2O2/c1-14-5-4-7-15(11-14)20-17(13-25-23-20)9-10-19(24)22-12-16-6-2-3-8-18(16)21/h2-8,11,13H,9-10,12H2,1H3,(H,22,24). The van der Waals surface area contributed by atoms with Gasteiger partial charge in [0.1, 0.15) is 17.8 Å². The lowest BCUT2D eigenvalue weighted by atomic mass is 10.0. The highest BCUT2D eigenvalue weighted by molar-refractivity contribution is 5.76. The van der Waals surface area contributed by atoms with Crippen molar-refractivity contribution in [1.29, 1.82) is 0 Å². The van der Waals surface area contributed by atoms with Crippen LogP contribution in [0, 0.1) is 12.7 Å². The van der Waals surface area contributed by atoms with E-state index in [0.717, 1.165) is 22.4 Å². The Balaban J connectivity index is 1.58. The Hall–Kier alpha value is -2.95. The average Bonchev–Trinajstić information content (AvgIpc) is 3.08. The van der Waals surface area contributed by atoms with Crippen molar-refractivity contribution in [3.63, 3.8) is 0 Å². The molecule has 2 aromatic carbocycles. The largest absolute Gasteiger partial charge is 0.364 e. The molecule has 3 aromatic rings. The van der Waals surface area contributed by atoms with Crippen LogP contribution >= 0.6 is 0 Å². The fraction of sp³-hybridized carbons (Fsp3) is 0.200. The van der Waals surface area contributed by atoms with E-state index < -0.39 is 0 Å². The molecule has 0 bridgehead atoms. The summed E-state index contributed by atoms with van der Waals surface area (Å²) in [5.74, 6) is -0.455. The summed E-state index contributed by atoms with van der Waals surface area (Å²) in [6.45, 7) is 2.19. The monoisotopic (exact) mass is 338 g/mol. The Morgan fingerprint density at radius 1 is 1.16 bits per heavy atom. The van der Waals surface area contributed by atoms with E-state index in [1.54, 1.807) is 24.5 Å². The molecule has 0 unspecified atom stereocenters. The van der Waals surface area contributed by atoms with Gasteiger partial charge in [0.15, 0.2) is 0 Å². The van der Waals surface area contributed by atoms with Crippen LogP contribution in [0.25, 0.3) is 11.3 Å². The van der Waals surface area contributed by atoms with Crippen molar-refractivity contribution >= 4 is 5.91 Å². The molecule has 0 fully saturated rings. The molecule has 0 saturated heterocycles. The van der Waals surface area contributed by atoms with E-state index in [4.69, 9.17) is 4.52 Å². The summed E-state index contributed by atoms with van der Waals surface area (Å²) in [6.07, 6.45) is 2.37. The number of amides is 1. The maximum absolute atomic E-state index is 13.6. The smallest absolute Gasteiger partial charge is 0.220 e. The number of aryl methyl sites for hydroxylation is 2. The average molecular weight is 338 g/mol. The quantitative estimate of drug-likeness (QED) is 0.738. The lowest BCUT2D eigenvalue weighted by Crippen LogP contribution is -2.23. The van der Waals surface area contributed by atoms with Gasteiger partial charge in [0.05, 0.1) is 0 Å². The number of carbonyl (C=O) groups excluding carboxylic acids is 1.